The predicted octanol–water partition coefficient (Wildman–Crippen LogP) is 4.31. The zero-order valence-electron chi connectivity index (χ0n) is 17.8. The van der Waals surface area contributed by atoms with Gasteiger partial charge in [-0.3, -0.25) is 4.79 Å². The zero-order chi connectivity index (χ0) is 22.2. The van der Waals surface area contributed by atoms with Gasteiger partial charge in [-0.15, -0.1) is 0 Å². The maximum Gasteiger partial charge on any atom is 0.257 e. The predicted molar refractivity (Wildman–Crippen MR) is 122 cm³/mol. The molecule has 5 rings (SSSR count). The maximum atomic E-state index is 13.2. The van der Waals surface area contributed by atoms with Crippen molar-refractivity contribution in [1.82, 2.24) is 9.47 Å². The summed E-state index contributed by atoms with van der Waals surface area (Å²) in [5.74, 6) is 0.859. The number of phenolic OH excluding ortho intramolecular Hbond substituents is 2. The van der Waals surface area contributed by atoms with Crippen LogP contribution in [0.5, 0.6) is 17.2 Å². The average molecular weight is 428 g/mol. The van der Waals surface area contributed by atoms with Gasteiger partial charge in [-0.25, -0.2) is 0 Å². The van der Waals surface area contributed by atoms with Gasteiger partial charge in [0.05, 0.1) is 19.2 Å². The summed E-state index contributed by atoms with van der Waals surface area (Å²) < 4.78 is 7.69. The molecule has 1 aliphatic rings. The molecule has 0 spiro atoms. The first-order valence-corrected chi connectivity index (χ1v) is 10.6. The summed E-state index contributed by atoms with van der Waals surface area (Å²) in [7, 11) is 1.66. The molecular formula is C26H24N2O4. The molecule has 162 valence electrons. The fourth-order valence-corrected chi connectivity index (χ4v) is 4.51. The van der Waals surface area contributed by atoms with Gasteiger partial charge in [0.25, 0.3) is 5.91 Å². The average Bonchev–Trinajstić information content (AvgIpc) is 3.12. The van der Waals surface area contributed by atoms with Gasteiger partial charge >= 0.3 is 0 Å². The van der Waals surface area contributed by atoms with Crippen LogP contribution in [-0.2, 0) is 19.5 Å². The van der Waals surface area contributed by atoms with E-state index in [4.69, 9.17) is 4.74 Å². The van der Waals surface area contributed by atoms with E-state index in [1.807, 2.05) is 18.2 Å². The van der Waals surface area contributed by atoms with Crippen molar-refractivity contribution in [2.24, 2.45) is 0 Å². The molecule has 0 radical (unpaired) electrons. The Morgan fingerprint density at radius 2 is 1.81 bits per heavy atom. The van der Waals surface area contributed by atoms with Crippen molar-refractivity contribution in [3.63, 3.8) is 0 Å². The molecule has 0 unspecified atom stereocenters. The topological polar surface area (TPSA) is 74.9 Å². The largest absolute Gasteiger partial charge is 0.508 e. The first kappa shape index (κ1) is 20.0. The van der Waals surface area contributed by atoms with E-state index in [9.17, 15) is 15.0 Å². The lowest BCUT2D eigenvalue weighted by molar-refractivity contribution is 0.0727. The van der Waals surface area contributed by atoms with E-state index < -0.39 is 0 Å². The third-order valence-corrected chi connectivity index (χ3v) is 6.16. The number of benzene rings is 3. The van der Waals surface area contributed by atoms with Crippen molar-refractivity contribution in [2.75, 3.05) is 13.7 Å². The summed E-state index contributed by atoms with van der Waals surface area (Å²) in [6, 6.07) is 19.9. The molecule has 0 saturated carbocycles. The lowest BCUT2D eigenvalue weighted by Crippen LogP contribution is -2.36. The molecule has 0 fully saturated rings. The van der Waals surface area contributed by atoms with Crippen LogP contribution < -0.4 is 4.74 Å². The number of carbonyl (C=O) groups excluding carboxylic acids is 1. The Labute approximate surface area is 185 Å². The fraction of sp³-hybridized carbons (Fsp3) is 0.192. The monoisotopic (exact) mass is 428 g/mol. The summed E-state index contributed by atoms with van der Waals surface area (Å²) in [5, 5.41) is 20.9. The highest BCUT2D eigenvalue weighted by atomic mass is 16.5. The second-order valence-electron chi connectivity index (χ2n) is 8.05. The molecule has 1 amide bonds. The van der Waals surface area contributed by atoms with Crippen molar-refractivity contribution in [1.29, 1.82) is 0 Å². The van der Waals surface area contributed by atoms with E-state index in [1.54, 1.807) is 42.3 Å². The van der Waals surface area contributed by atoms with Crippen molar-refractivity contribution in [3.8, 4) is 17.2 Å². The number of nitrogens with zero attached hydrogens (tertiary/aromatic N) is 2. The third-order valence-electron chi connectivity index (χ3n) is 6.16. The number of hydrogen-bond acceptors (Lipinski definition) is 4. The molecule has 6 heteroatoms. The minimum absolute atomic E-state index is 0.00216. The molecule has 2 N–H and O–H groups in total. The molecular weight excluding hydrogens is 404 g/mol. The molecule has 3 aromatic carbocycles. The second-order valence-corrected chi connectivity index (χ2v) is 8.05. The fourth-order valence-electron chi connectivity index (χ4n) is 4.51. The van der Waals surface area contributed by atoms with Crippen LogP contribution in [0.2, 0.25) is 0 Å². The number of methoxy groups -OCH3 is 1. The highest BCUT2D eigenvalue weighted by Gasteiger charge is 2.28. The summed E-state index contributed by atoms with van der Waals surface area (Å²) in [5.41, 5.74) is 4.76. The van der Waals surface area contributed by atoms with E-state index in [1.165, 1.54) is 11.6 Å². The number of fused-ring (bicyclic) bond motifs is 3. The van der Waals surface area contributed by atoms with E-state index in [0.717, 1.165) is 34.3 Å². The van der Waals surface area contributed by atoms with Crippen molar-refractivity contribution in [2.45, 2.75) is 19.5 Å². The number of para-hydroxylation sites is 1. The summed E-state index contributed by atoms with van der Waals surface area (Å²) in [6.07, 6.45) is 0.723. The van der Waals surface area contributed by atoms with Gasteiger partial charge in [0.15, 0.2) is 0 Å². The van der Waals surface area contributed by atoms with Gasteiger partial charge in [0.1, 0.15) is 17.2 Å². The van der Waals surface area contributed by atoms with Crippen LogP contribution in [0.1, 0.15) is 27.2 Å². The van der Waals surface area contributed by atoms with Crippen LogP contribution in [-0.4, -0.2) is 39.2 Å². The van der Waals surface area contributed by atoms with Crippen molar-refractivity contribution >= 4 is 16.8 Å². The smallest absolute Gasteiger partial charge is 0.257 e. The van der Waals surface area contributed by atoms with Crippen LogP contribution in [0.25, 0.3) is 10.9 Å². The number of hydrogen-bond donors (Lipinski definition) is 2. The minimum Gasteiger partial charge on any atom is -0.508 e. The van der Waals surface area contributed by atoms with Gasteiger partial charge < -0.3 is 24.4 Å². The quantitative estimate of drug-likeness (QED) is 0.508. The Hall–Kier alpha value is -3.93. The number of aromatic nitrogens is 1. The molecule has 1 aromatic heterocycles. The second kappa shape index (κ2) is 7.96. The number of amides is 1. The van der Waals surface area contributed by atoms with Crippen LogP contribution in [0.15, 0.2) is 66.7 Å². The van der Waals surface area contributed by atoms with Gasteiger partial charge in [-0.1, -0.05) is 24.3 Å². The third kappa shape index (κ3) is 3.43. The number of ether oxygens (including phenoxy) is 1. The van der Waals surface area contributed by atoms with Crippen LogP contribution in [0.4, 0.5) is 0 Å². The lowest BCUT2D eigenvalue weighted by atomic mass is 10.0. The van der Waals surface area contributed by atoms with Crippen LogP contribution in [0, 0.1) is 0 Å². The molecule has 0 bridgehead atoms. The van der Waals surface area contributed by atoms with E-state index in [0.29, 0.717) is 25.2 Å². The van der Waals surface area contributed by atoms with E-state index in [-0.39, 0.29) is 17.4 Å². The molecule has 2 heterocycles. The Morgan fingerprint density at radius 3 is 2.56 bits per heavy atom. The SMILES string of the molecule is COc1ccc2c(c1)c1c(n2Cc2ccc(O)cc2)CN(C(=O)c2ccccc2O)CC1. The Kier molecular flexibility index (Phi) is 4.98. The number of carbonyl (C=O) groups is 1. The zero-order valence-corrected chi connectivity index (χ0v) is 17.8. The number of rotatable bonds is 4. The molecule has 0 aliphatic carbocycles. The number of aromatic hydroxyl groups is 2. The Morgan fingerprint density at radius 1 is 1.03 bits per heavy atom. The molecule has 4 aromatic rings. The highest BCUT2D eigenvalue weighted by molar-refractivity contribution is 5.97. The number of phenols is 2. The highest BCUT2D eigenvalue weighted by Crippen LogP contribution is 2.35. The van der Waals surface area contributed by atoms with Gasteiger partial charge in [-0.05, 0) is 60.0 Å². The van der Waals surface area contributed by atoms with Crippen molar-refractivity contribution in [3.05, 3.63) is 89.1 Å². The maximum absolute atomic E-state index is 13.2. The minimum atomic E-state index is -0.173. The Bertz CT molecular complexity index is 1310. The first-order valence-electron chi connectivity index (χ1n) is 10.6. The molecule has 0 saturated heterocycles. The van der Waals surface area contributed by atoms with E-state index in [2.05, 4.69) is 16.7 Å². The Balaban J connectivity index is 1.58. The van der Waals surface area contributed by atoms with Gasteiger partial charge in [0, 0.05) is 29.7 Å². The summed E-state index contributed by atoms with van der Waals surface area (Å²) >= 11 is 0. The van der Waals surface area contributed by atoms with Gasteiger partial charge in [-0.2, -0.15) is 0 Å². The van der Waals surface area contributed by atoms with Crippen LogP contribution >= 0.6 is 0 Å². The first-order chi connectivity index (χ1) is 15.5. The molecule has 32 heavy (non-hydrogen) atoms. The standard InChI is InChI=1S/C26H24N2O4/c1-32-19-10-11-23-22(14-19)20-12-13-27(26(31)21-4-2-3-5-25(21)30)16-24(20)28(23)15-17-6-8-18(29)9-7-17/h2-11,14,29-30H,12-13,15-16H2,1H3. The summed E-state index contributed by atoms with van der Waals surface area (Å²) in [4.78, 5) is 15.0. The van der Waals surface area contributed by atoms with Crippen LogP contribution in [0.3, 0.4) is 0 Å². The normalized spacial score (nSPS) is 13.2. The lowest BCUT2D eigenvalue weighted by Gasteiger charge is -2.29. The molecule has 6 nitrogen and oxygen atoms in total. The van der Waals surface area contributed by atoms with Crippen molar-refractivity contribution < 1.29 is 19.7 Å². The molecule has 1 aliphatic heterocycles. The van der Waals surface area contributed by atoms with Gasteiger partial charge in [0.2, 0.25) is 0 Å². The summed E-state index contributed by atoms with van der Waals surface area (Å²) in [6.45, 7) is 1.66. The molecule has 0 atom stereocenters. The van der Waals surface area contributed by atoms with E-state index >= 15 is 0 Å².